The van der Waals surface area contributed by atoms with Crippen LogP contribution in [0.1, 0.15) is 19.4 Å². The largest absolute Gasteiger partial charge is 0.445 e. The summed E-state index contributed by atoms with van der Waals surface area (Å²) in [6.07, 6.45) is 0.810. The number of hydrogen-bond donors (Lipinski definition) is 0. The van der Waals surface area contributed by atoms with Gasteiger partial charge in [0.2, 0.25) is 0 Å². The van der Waals surface area contributed by atoms with E-state index < -0.39 is 6.09 Å². The number of hydrogen-bond acceptors (Lipinski definition) is 2. The van der Waals surface area contributed by atoms with Crippen molar-refractivity contribution in [2.24, 2.45) is 4.99 Å². The van der Waals surface area contributed by atoms with Gasteiger partial charge in [0.25, 0.3) is 0 Å². The molecule has 0 N–H and O–H groups in total. The molecule has 0 heterocycles. The van der Waals surface area contributed by atoms with Crippen LogP contribution in [0.2, 0.25) is 0 Å². The minimum atomic E-state index is -0.552. The molecule has 0 atom stereocenters. The second-order valence-corrected chi connectivity index (χ2v) is 3.10. The minimum absolute atomic E-state index is 0.129. The highest BCUT2D eigenvalue weighted by Gasteiger charge is 2.00. The lowest BCUT2D eigenvalue weighted by Crippen LogP contribution is -2.07. The van der Waals surface area contributed by atoms with Crippen molar-refractivity contribution >= 4 is 12.3 Å². The third kappa shape index (κ3) is 3.85. The average Bonchev–Trinajstić information content (AvgIpc) is 2.15. The Balaban J connectivity index is 2.52. The van der Waals surface area contributed by atoms with Crippen LogP contribution in [0.3, 0.4) is 0 Å². The van der Waals surface area contributed by atoms with Gasteiger partial charge in [-0.05, 0) is 19.4 Å². The summed E-state index contributed by atoms with van der Waals surface area (Å²) in [5.41, 5.74) is 0.883. The average molecular weight is 191 g/mol. The SMILES string of the molecule is CC(C)OC(=O)/N=C\c1ccccc1. The van der Waals surface area contributed by atoms with Crippen molar-refractivity contribution in [3.63, 3.8) is 0 Å². The van der Waals surface area contributed by atoms with E-state index in [1.54, 1.807) is 13.8 Å². The van der Waals surface area contributed by atoms with Gasteiger partial charge in [-0.15, -0.1) is 0 Å². The Morgan fingerprint density at radius 1 is 1.36 bits per heavy atom. The van der Waals surface area contributed by atoms with E-state index in [-0.39, 0.29) is 6.10 Å². The third-order valence-electron chi connectivity index (χ3n) is 1.46. The Morgan fingerprint density at radius 3 is 2.57 bits per heavy atom. The summed E-state index contributed by atoms with van der Waals surface area (Å²) in [7, 11) is 0. The molecule has 0 spiro atoms. The second kappa shape index (κ2) is 5.17. The molecule has 3 nitrogen and oxygen atoms in total. The van der Waals surface area contributed by atoms with E-state index in [2.05, 4.69) is 4.99 Å². The molecule has 0 aromatic heterocycles. The van der Waals surface area contributed by atoms with Crippen LogP contribution in [-0.4, -0.2) is 18.4 Å². The van der Waals surface area contributed by atoms with Crippen LogP contribution in [-0.2, 0) is 4.74 Å². The smallest absolute Gasteiger partial charge is 0.433 e. The van der Waals surface area contributed by atoms with Crippen LogP contribution in [0.5, 0.6) is 0 Å². The molecule has 0 aliphatic heterocycles. The van der Waals surface area contributed by atoms with Crippen LogP contribution in [0.15, 0.2) is 35.3 Å². The molecule has 0 saturated heterocycles. The first kappa shape index (κ1) is 10.4. The van der Waals surface area contributed by atoms with Gasteiger partial charge < -0.3 is 4.74 Å². The monoisotopic (exact) mass is 191 g/mol. The Hall–Kier alpha value is -1.64. The van der Waals surface area contributed by atoms with Crippen LogP contribution in [0, 0.1) is 0 Å². The number of nitrogens with zero attached hydrogens (tertiary/aromatic N) is 1. The van der Waals surface area contributed by atoms with Gasteiger partial charge in [-0.1, -0.05) is 30.3 Å². The molecule has 0 bridgehead atoms. The first-order chi connectivity index (χ1) is 6.68. The maximum Gasteiger partial charge on any atom is 0.433 e. The van der Waals surface area contributed by atoms with Gasteiger partial charge >= 0.3 is 6.09 Å². The Labute approximate surface area is 83.4 Å². The van der Waals surface area contributed by atoms with E-state index in [9.17, 15) is 4.79 Å². The molecule has 14 heavy (non-hydrogen) atoms. The van der Waals surface area contributed by atoms with Crippen molar-refractivity contribution < 1.29 is 9.53 Å². The van der Waals surface area contributed by atoms with Crippen LogP contribution in [0.4, 0.5) is 4.79 Å². The number of carbonyl (C=O) groups excluding carboxylic acids is 1. The minimum Gasteiger partial charge on any atom is -0.445 e. The van der Waals surface area contributed by atoms with Crippen molar-refractivity contribution in [3.05, 3.63) is 35.9 Å². The van der Waals surface area contributed by atoms with Crippen molar-refractivity contribution in [2.75, 3.05) is 0 Å². The van der Waals surface area contributed by atoms with E-state index in [1.165, 1.54) is 6.21 Å². The summed E-state index contributed by atoms with van der Waals surface area (Å²) in [6.45, 7) is 3.58. The standard InChI is InChI=1S/C11H13NO2/c1-9(2)14-11(13)12-8-10-6-4-3-5-7-10/h3-9H,1-2H3/b12-8-. The Kier molecular flexibility index (Phi) is 3.85. The molecular formula is C11H13NO2. The van der Waals surface area contributed by atoms with Crippen molar-refractivity contribution in [3.8, 4) is 0 Å². The number of aliphatic imine (C=N–C) groups is 1. The molecule has 0 unspecified atom stereocenters. The summed E-state index contributed by atoms with van der Waals surface area (Å²) < 4.78 is 4.84. The molecular weight excluding hydrogens is 178 g/mol. The summed E-state index contributed by atoms with van der Waals surface area (Å²) >= 11 is 0. The number of ether oxygens (including phenoxy) is 1. The fourth-order valence-corrected chi connectivity index (χ4v) is 0.898. The summed E-state index contributed by atoms with van der Waals surface area (Å²) in [5.74, 6) is 0. The van der Waals surface area contributed by atoms with Crippen molar-refractivity contribution in [1.82, 2.24) is 0 Å². The zero-order chi connectivity index (χ0) is 10.4. The lowest BCUT2D eigenvalue weighted by molar-refractivity contribution is 0.126. The van der Waals surface area contributed by atoms with Gasteiger partial charge in [-0.2, -0.15) is 4.99 Å². The highest BCUT2D eigenvalue weighted by atomic mass is 16.6. The third-order valence-corrected chi connectivity index (χ3v) is 1.46. The zero-order valence-electron chi connectivity index (χ0n) is 8.31. The fraction of sp³-hybridized carbons (Fsp3) is 0.273. The lowest BCUT2D eigenvalue weighted by atomic mass is 10.2. The fourth-order valence-electron chi connectivity index (χ4n) is 0.898. The number of amides is 1. The summed E-state index contributed by atoms with van der Waals surface area (Å²) in [6, 6.07) is 9.41. The molecule has 1 amide bonds. The topological polar surface area (TPSA) is 38.7 Å². The second-order valence-electron chi connectivity index (χ2n) is 3.10. The van der Waals surface area contributed by atoms with Crippen molar-refractivity contribution in [2.45, 2.75) is 20.0 Å². The van der Waals surface area contributed by atoms with Gasteiger partial charge in [0.15, 0.2) is 0 Å². The van der Waals surface area contributed by atoms with Gasteiger partial charge in [-0.3, -0.25) is 0 Å². The van der Waals surface area contributed by atoms with Crippen LogP contribution >= 0.6 is 0 Å². The van der Waals surface area contributed by atoms with E-state index in [1.807, 2.05) is 30.3 Å². The molecule has 1 rings (SSSR count). The maximum absolute atomic E-state index is 11.0. The number of carbonyl (C=O) groups is 1. The first-order valence-electron chi connectivity index (χ1n) is 4.48. The molecule has 1 aromatic carbocycles. The van der Waals surface area contributed by atoms with Gasteiger partial charge in [0, 0.05) is 6.21 Å². The Morgan fingerprint density at radius 2 is 2.00 bits per heavy atom. The molecule has 0 saturated carbocycles. The predicted molar refractivity (Wildman–Crippen MR) is 55.7 cm³/mol. The molecule has 0 aliphatic carbocycles. The highest BCUT2D eigenvalue weighted by Crippen LogP contribution is 1.96. The number of benzene rings is 1. The molecule has 1 aromatic rings. The van der Waals surface area contributed by atoms with E-state index in [0.29, 0.717) is 0 Å². The number of rotatable bonds is 2. The van der Waals surface area contributed by atoms with Crippen LogP contribution < -0.4 is 0 Å². The summed E-state index contributed by atoms with van der Waals surface area (Å²) in [5, 5.41) is 0. The predicted octanol–water partition coefficient (Wildman–Crippen LogP) is 2.65. The first-order valence-corrected chi connectivity index (χ1v) is 4.48. The van der Waals surface area contributed by atoms with Gasteiger partial charge in [0.05, 0.1) is 6.10 Å². The maximum atomic E-state index is 11.0. The van der Waals surface area contributed by atoms with E-state index in [4.69, 9.17) is 4.74 Å². The van der Waals surface area contributed by atoms with Gasteiger partial charge in [-0.25, -0.2) is 4.79 Å². The highest BCUT2D eigenvalue weighted by molar-refractivity contribution is 5.88. The lowest BCUT2D eigenvalue weighted by Gasteiger charge is -2.02. The van der Waals surface area contributed by atoms with Gasteiger partial charge in [0.1, 0.15) is 0 Å². The quantitative estimate of drug-likeness (QED) is 0.674. The molecule has 0 aliphatic rings. The summed E-state index contributed by atoms with van der Waals surface area (Å²) in [4.78, 5) is 14.7. The molecule has 74 valence electrons. The van der Waals surface area contributed by atoms with Crippen LogP contribution in [0.25, 0.3) is 0 Å². The Bertz CT molecular complexity index is 317. The molecule has 0 fully saturated rings. The van der Waals surface area contributed by atoms with E-state index >= 15 is 0 Å². The van der Waals surface area contributed by atoms with Crippen molar-refractivity contribution in [1.29, 1.82) is 0 Å². The molecule has 3 heteroatoms. The van der Waals surface area contributed by atoms with E-state index in [0.717, 1.165) is 5.56 Å². The zero-order valence-corrected chi connectivity index (χ0v) is 8.31. The molecule has 0 radical (unpaired) electrons. The normalized spacial score (nSPS) is 10.8.